The zero-order valence-electron chi connectivity index (χ0n) is 11.4. The highest BCUT2D eigenvalue weighted by atomic mass is 35.5. The molecule has 0 aromatic heterocycles. The van der Waals surface area contributed by atoms with Crippen LogP contribution in [0.1, 0.15) is 12.8 Å². The highest BCUT2D eigenvalue weighted by Crippen LogP contribution is 2.18. The Balaban J connectivity index is 2.01. The van der Waals surface area contributed by atoms with Gasteiger partial charge in [-0.05, 0) is 37.1 Å². The van der Waals surface area contributed by atoms with Crippen molar-refractivity contribution < 1.29 is 19.4 Å². The molecule has 1 heterocycles. The van der Waals surface area contributed by atoms with Gasteiger partial charge in [0.05, 0.1) is 6.10 Å². The SMILES string of the molecule is O=C(O)CN(C(=O)NCC1CCCO1)c1ccc(Cl)cc1. The normalized spacial score (nSPS) is 17.5. The van der Waals surface area contributed by atoms with Gasteiger partial charge in [-0.25, -0.2) is 4.79 Å². The third-order valence-electron chi connectivity index (χ3n) is 3.18. The standard InChI is InChI=1S/C14H17ClN2O4/c15-10-3-5-11(6-4-10)17(9-13(18)19)14(20)16-8-12-2-1-7-21-12/h3-6,12H,1-2,7-9H2,(H,16,20)(H,18,19). The fraction of sp³-hybridized carbons (Fsp3) is 0.429. The van der Waals surface area contributed by atoms with Gasteiger partial charge in [-0.15, -0.1) is 0 Å². The van der Waals surface area contributed by atoms with Gasteiger partial charge in [-0.2, -0.15) is 0 Å². The second kappa shape index (κ2) is 7.28. The molecule has 0 aliphatic carbocycles. The maximum absolute atomic E-state index is 12.2. The molecule has 1 aromatic carbocycles. The number of carboxylic acids is 1. The molecule has 6 nitrogen and oxygen atoms in total. The van der Waals surface area contributed by atoms with Crippen molar-refractivity contribution in [2.45, 2.75) is 18.9 Å². The van der Waals surface area contributed by atoms with E-state index in [4.69, 9.17) is 21.4 Å². The Morgan fingerprint density at radius 1 is 1.38 bits per heavy atom. The minimum Gasteiger partial charge on any atom is -0.480 e. The van der Waals surface area contributed by atoms with Gasteiger partial charge in [0, 0.05) is 23.9 Å². The van der Waals surface area contributed by atoms with Crippen LogP contribution in [0.4, 0.5) is 10.5 Å². The number of halogens is 1. The van der Waals surface area contributed by atoms with Crippen molar-refractivity contribution in [3.05, 3.63) is 29.3 Å². The Labute approximate surface area is 127 Å². The third-order valence-corrected chi connectivity index (χ3v) is 3.43. The molecule has 1 aromatic rings. The van der Waals surface area contributed by atoms with Gasteiger partial charge >= 0.3 is 12.0 Å². The summed E-state index contributed by atoms with van der Waals surface area (Å²) < 4.78 is 5.42. The summed E-state index contributed by atoms with van der Waals surface area (Å²) in [7, 11) is 0. The molecule has 0 saturated carbocycles. The molecule has 1 aliphatic heterocycles. The minimum absolute atomic E-state index is 0.00541. The summed E-state index contributed by atoms with van der Waals surface area (Å²) in [5, 5.41) is 12.2. The molecule has 1 unspecified atom stereocenters. The van der Waals surface area contributed by atoms with Gasteiger partial charge < -0.3 is 15.2 Å². The van der Waals surface area contributed by atoms with E-state index in [9.17, 15) is 9.59 Å². The topological polar surface area (TPSA) is 78.9 Å². The molecular weight excluding hydrogens is 296 g/mol. The number of rotatable bonds is 5. The van der Waals surface area contributed by atoms with Crippen molar-refractivity contribution in [1.82, 2.24) is 5.32 Å². The van der Waals surface area contributed by atoms with Crippen molar-refractivity contribution in [3.63, 3.8) is 0 Å². The van der Waals surface area contributed by atoms with Crippen LogP contribution < -0.4 is 10.2 Å². The van der Waals surface area contributed by atoms with Gasteiger partial charge in [0.25, 0.3) is 0 Å². The first-order chi connectivity index (χ1) is 10.1. The zero-order chi connectivity index (χ0) is 15.2. The fourth-order valence-electron chi connectivity index (χ4n) is 2.14. The summed E-state index contributed by atoms with van der Waals surface area (Å²) >= 11 is 5.80. The second-order valence-electron chi connectivity index (χ2n) is 4.78. The number of anilines is 1. The first-order valence-electron chi connectivity index (χ1n) is 6.70. The summed E-state index contributed by atoms with van der Waals surface area (Å²) in [6.45, 7) is 0.665. The fourth-order valence-corrected chi connectivity index (χ4v) is 2.26. The summed E-state index contributed by atoms with van der Waals surface area (Å²) in [5.74, 6) is -1.09. The van der Waals surface area contributed by atoms with Gasteiger partial charge in [0.1, 0.15) is 6.54 Å². The Morgan fingerprint density at radius 3 is 2.67 bits per heavy atom. The Morgan fingerprint density at radius 2 is 2.10 bits per heavy atom. The molecule has 2 rings (SSSR count). The van der Waals surface area contributed by atoms with Crippen LogP contribution in [0.5, 0.6) is 0 Å². The van der Waals surface area contributed by atoms with E-state index in [1.165, 1.54) is 0 Å². The number of aliphatic carboxylic acids is 1. The predicted octanol–water partition coefficient (Wildman–Crippen LogP) is 2.12. The Bertz CT molecular complexity index is 500. The van der Waals surface area contributed by atoms with E-state index in [1.807, 2.05) is 0 Å². The lowest BCUT2D eigenvalue weighted by Crippen LogP contribution is -2.45. The maximum Gasteiger partial charge on any atom is 0.323 e. The van der Waals surface area contributed by atoms with Crippen LogP contribution in [0.2, 0.25) is 5.02 Å². The summed E-state index contributed by atoms with van der Waals surface area (Å²) in [6, 6.07) is 5.97. The number of ether oxygens (including phenoxy) is 1. The molecule has 114 valence electrons. The van der Waals surface area contributed by atoms with Crippen molar-refractivity contribution in [1.29, 1.82) is 0 Å². The lowest BCUT2D eigenvalue weighted by Gasteiger charge is -2.22. The number of hydrogen-bond donors (Lipinski definition) is 2. The monoisotopic (exact) mass is 312 g/mol. The number of hydrogen-bond acceptors (Lipinski definition) is 3. The van der Waals surface area contributed by atoms with Crippen LogP contribution in [0, 0.1) is 0 Å². The molecule has 2 N–H and O–H groups in total. The highest BCUT2D eigenvalue weighted by Gasteiger charge is 2.21. The third kappa shape index (κ3) is 4.61. The van der Waals surface area contributed by atoms with Crippen LogP contribution >= 0.6 is 11.6 Å². The first kappa shape index (κ1) is 15.6. The van der Waals surface area contributed by atoms with Crippen LogP contribution in [0.15, 0.2) is 24.3 Å². The lowest BCUT2D eigenvalue weighted by atomic mass is 10.2. The number of carbonyl (C=O) groups excluding carboxylic acids is 1. The highest BCUT2D eigenvalue weighted by molar-refractivity contribution is 6.30. The van der Waals surface area contributed by atoms with Gasteiger partial charge in [0.15, 0.2) is 0 Å². The molecule has 0 bridgehead atoms. The number of amides is 2. The number of nitrogens with zero attached hydrogens (tertiary/aromatic N) is 1. The second-order valence-corrected chi connectivity index (χ2v) is 5.21. The van der Waals surface area contributed by atoms with Crippen molar-refractivity contribution in [2.24, 2.45) is 0 Å². The number of urea groups is 1. The van der Waals surface area contributed by atoms with Crippen LogP contribution in [0.3, 0.4) is 0 Å². The average molecular weight is 313 g/mol. The Kier molecular flexibility index (Phi) is 5.41. The van der Waals surface area contributed by atoms with Gasteiger partial charge in [-0.3, -0.25) is 9.69 Å². The number of carbonyl (C=O) groups is 2. The van der Waals surface area contributed by atoms with Crippen LogP contribution in [0.25, 0.3) is 0 Å². The van der Waals surface area contributed by atoms with E-state index in [-0.39, 0.29) is 6.10 Å². The van der Waals surface area contributed by atoms with Crippen molar-refractivity contribution >= 4 is 29.3 Å². The molecule has 7 heteroatoms. The molecule has 0 radical (unpaired) electrons. The molecule has 1 fully saturated rings. The van der Waals surface area contributed by atoms with E-state index < -0.39 is 18.5 Å². The average Bonchev–Trinajstić information content (AvgIpc) is 2.96. The molecule has 1 saturated heterocycles. The Hall–Kier alpha value is -1.79. The molecule has 21 heavy (non-hydrogen) atoms. The van der Waals surface area contributed by atoms with Crippen molar-refractivity contribution in [2.75, 3.05) is 24.6 Å². The van der Waals surface area contributed by atoms with E-state index >= 15 is 0 Å². The van der Waals surface area contributed by atoms with E-state index in [0.29, 0.717) is 23.9 Å². The first-order valence-corrected chi connectivity index (χ1v) is 7.08. The summed E-state index contributed by atoms with van der Waals surface area (Å²) in [4.78, 5) is 24.3. The molecule has 2 amide bonds. The molecule has 1 atom stereocenters. The van der Waals surface area contributed by atoms with E-state index in [1.54, 1.807) is 24.3 Å². The van der Waals surface area contributed by atoms with Gasteiger partial charge in [0.2, 0.25) is 0 Å². The molecule has 1 aliphatic rings. The number of carboxylic acid groups (broad SMARTS) is 1. The summed E-state index contributed by atoms with van der Waals surface area (Å²) in [6.07, 6.45) is 1.89. The largest absolute Gasteiger partial charge is 0.480 e. The van der Waals surface area contributed by atoms with Crippen LogP contribution in [-0.2, 0) is 9.53 Å². The smallest absolute Gasteiger partial charge is 0.323 e. The lowest BCUT2D eigenvalue weighted by molar-refractivity contribution is -0.135. The number of nitrogens with one attached hydrogen (secondary N) is 1. The quantitative estimate of drug-likeness (QED) is 0.873. The maximum atomic E-state index is 12.2. The molecule has 0 spiro atoms. The number of benzene rings is 1. The van der Waals surface area contributed by atoms with E-state index in [2.05, 4.69) is 5.32 Å². The predicted molar refractivity (Wildman–Crippen MR) is 78.8 cm³/mol. The van der Waals surface area contributed by atoms with Gasteiger partial charge in [-0.1, -0.05) is 11.6 Å². The van der Waals surface area contributed by atoms with Crippen molar-refractivity contribution in [3.8, 4) is 0 Å². The van der Waals surface area contributed by atoms with Crippen LogP contribution in [-0.4, -0.2) is 42.9 Å². The zero-order valence-corrected chi connectivity index (χ0v) is 12.2. The minimum atomic E-state index is -1.09. The van der Waals surface area contributed by atoms with E-state index in [0.717, 1.165) is 17.7 Å². The summed E-state index contributed by atoms with van der Waals surface area (Å²) in [5.41, 5.74) is 0.478. The molecular formula is C14H17ClN2O4.